The molecule has 7 heteroatoms. The lowest BCUT2D eigenvalue weighted by molar-refractivity contribution is -0.114. The van der Waals surface area contributed by atoms with Crippen molar-refractivity contribution < 1.29 is 14.4 Å². The summed E-state index contributed by atoms with van der Waals surface area (Å²) in [5.74, 6) is -0.266. The molecular formula is C25H32N4O3. The fourth-order valence-electron chi connectivity index (χ4n) is 3.62. The average Bonchev–Trinajstić information content (AvgIpc) is 3.07. The SMILES string of the molecule is CC(C)NC(=O)c1ccc(NCC(=O)Nc2ccc(C(=O)N3CCCCCC3)cc2)cc1. The molecule has 1 heterocycles. The van der Waals surface area contributed by atoms with Gasteiger partial charge in [0.1, 0.15) is 0 Å². The highest BCUT2D eigenvalue weighted by Crippen LogP contribution is 2.16. The smallest absolute Gasteiger partial charge is 0.253 e. The van der Waals surface area contributed by atoms with Crippen LogP contribution in [0.25, 0.3) is 0 Å². The summed E-state index contributed by atoms with van der Waals surface area (Å²) in [6, 6.07) is 14.1. The topological polar surface area (TPSA) is 90.5 Å². The van der Waals surface area contributed by atoms with E-state index in [0.717, 1.165) is 31.6 Å². The molecule has 0 unspecified atom stereocenters. The highest BCUT2D eigenvalue weighted by Gasteiger charge is 2.17. The number of anilines is 2. The van der Waals surface area contributed by atoms with E-state index in [1.54, 1.807) is 48.5 Å². The van der Waals surface area contributed by atoms with Gasteiger partial charge in [0.2, 0.25) is 5.91 Å². The lowest BCUT2D eigenvalue weighted by Crippen LogP contribution is -2.31. The standard InChI is InChI=1S/C25H32N4O3/c1-18(2)27-24(31)19-7-11-21(12-8-19)26-17-23(30)28-22-13-9-20(10-14-22)25(32)29-15-5-3-4-6-16-29/h7-14,18,26H,3-6,15-17H2,1-2H3,(H,27,31)(H,28,30). The van der Waals surface area contributed by atoms with Crippen LogP contribution >= 0.6 is 0 Å². The predicted molar refractivity (Wildman–Crippen MR) is 127 cm³/mol. The van der Waals surface area contributed by atoms with E-state index in [4.69, 9.17) is 0 Å². The van der Waals surface area contributed by atoms with Crippen molar-refractivity contribution in [2.45, 2.75) is 45.6 Å². The van der Waals surface area contributed by atoms with Crippen LogP contribution in [0.4, 0.5) is 11.4 Å². The van der Waals surface area contributed by atoms with Crippen LogP contribution in [0.5, 0.6) is 0 Å². The molecule has 1 aliphatic rings. The number of likely N-dealkylation sites (tertiary alicyclic amines) is 1. The van der Waals surface area contributed by atoms with E-state index < -0.39 is 0 Å². The van der Waals surface area contributed by atoms with E-state index in [0.29, 0.717) is 16.8 Å². The first-order valence-corrected chi connectivity index (χ1v) is 11.3. The van der Waals surface area contributed by atoms with Gasteiger partial charge in [0.05, 0.1) is 6.54 Å². The van der Waals surface area contributed by atoms with Crippen molar-refractivity contribution in [3.8, 4) is 0 Å². The number of carbonyl (C=O) groups is 3. The summed E-state index contributed by atoms with van der Waals surface area (Å²) in [5.41, 5.74) is 2.61. The third-order valence-corrected chi connectivity index (χ3v) is 5.33. The zero-order chi connectivity index (χ0) is 22.9. The maximum atomic E-state index is 12.7. The van der Waals surface area contributed by atoms with E-state index in [2.05, 4.69) is 16.0 Å². The van der Waals surface area contributed by atoms with Crippen LogP contribution in [0, 0.1) is 0 Å². The Labute approximate surface area is 189 Å². The van der Waals surface area contributed by atoms with Crippen LogP contribution in [-0.4, -0.2) is 48.3 Å². The van der Waals surface area contributed by atoms with Gasteiger partial charge < -0.3 is 20.9 Å². The summed E-state index contributed by atoms with van der Waals surface area (Å²) in [6.45, 7) is 5.53. The molecule has 2 aromatic carbocycles. The molecule has 3 rings (SSSR count). The highest BCUT2D eigenvalue weighted by molar-refractivity contribution is 5.97. The third kappa shape index (κ3) is 6.83. The van der Waals surface area contributed by atoms with Crippen molar-refractivity contribution in [3.63, 3.8) is 0 Å². The number of nitrogens with one attached hydrogen (secondary N) is 3. The van der Waals surface area contributed by atoms with Crippen molar-refractivity contribution in [1.82, 2.24) is 10.2 Å². The second kappa shape index (κ2) is 11.3. The maximum Gasteiger partial charge on any atom is 0.253 e. The maximum absolute atomic E-state index is 12.7. The second-order valence-electron chi connectivity index (χ2n) is 8.39. The van der Waals surface area contributed by atoms with Gasteiger partial charge in [-0.2, -0.15) is 0 Å². The lowest BCUT2D eigenvalue weighted by atomic mass is 10.1. The van der Waals surface area contributed by atoms with Crippen LogP contribution < -0.4 is 16.0 Å². The minimum atomic E-state index is -0.196. The van der Waals surface area contributed by atoms with Gasteiger partial charge in [0.25, 0.3) is 11.8 Å². The molecule has 2 aromatic rings. The number of hydrogen-bond acceptors (Lipinski definition) is 4. The molecule has 3 amide bonds. The number of amides is 3. The monoisotopic (exact) mass is 436 g/mol. The van der Waals surface area contributed by atoms with Crippen LogP contribution in [-0.2, 0) is 4.79 Å². The summed E-state index contributed by atoms with van der Waals surface area (Å²) < 4.78 is 0. The minimum Gasteiger partial charge on any atom is -0.376 e. The Hall–Kier alpha value is -3.35. The minimum absolute atomic E-state index is 0.0527. The molecule has 170 valence electrons. The third-order valence-electron chi connectivity index (χ3n) is 5.33. The van der Waals surface area contributed by atoms with Crippen molar-refractivity contribution in [2.75, 3.05) is 30.3 Å². The Kier molecular flexibility index (Phi) is 8.25. The normalized spacial score (nSPS) is 13.9. The van der Waals surface area contributed by atoms with Gasteiger partial charge in [-0.25, -0.2) is 0 Å². The molecule has 32 heavy (non-hydrogen) atoms. The summed E-state index contributed by atoms with van der Waals surface area (Å²) in [5, 5.41) is 8.72. The average molecular weight is 437 g/mol. The Morgan fingerprint density at radius 1 is 0.812 bits per heavy atom. The number of carbonyl (C=O) groups excluding carboxylic acids is 3. The molecule has 3 N–H and O–H groups in total. The van der Waals surface area contributed by atoms with Gasteiger partial charge >= 0.3 is 0 Å². The molecule has 0 radical (unpaired) electrons. The number of rotatable bonds is 7. The molecular weight excluding hydrogens is 404 g/mol. The molecule has 0 saturated carbocycles. The van der Waals surface area contributed by atoms with Gasteiger partial charge in [-0.05, 0) is 75.2 Å². The Morgan fingerprint density at radius 3 is 1.97 bits per heavy atom. The largest absolute Gasteiger partial charge is 0.376 e. The summed E-state index contributed by atoms with van der Waals surface area (Å²) in [6.07, 6.45) is 4.47. The molecule has 1 aliphatic heterocycles. The van der Waals surface area contributed by atoms with E-state index in [-0.39, 0.29) is 30.3 Å². The molecule has 0 aromatic heterocycles. The molecule has 0 bridgehead atoms. The van der Waals surface area contributed by atoms with Gasteiger partial charge in [0, 0.05) is 41.6 Å². The zero-order valence-corrected chi connectivity index (χ0v) is 18.8. The van der Waals surface area contributed by atoms with Crippen LogP contribution in [0.2, 0.25) is 0 Å². The Morgan fingerprint density at radius 2 is 1.38 bits per heavy atom. The quantitative estimate of drug-likeness (QED) is 0.614. The van der Waals surface area contributed by atoms with Crippen LogP contribution in [0.3, 0.4) is 0 Å². The predicted octanol–water partition coefficient (Wildman–Crippen LogP) is 3.89. The summed E-state index contributed by atoms with van der Waals surface area (Å²) >= 11 is 0. The van der Waals surface area contributed by atoms with E-state index in [1.807, 2.05) is 18.7 Å². The summed E-state index contributed by atoms with van der Waals surface area (Å²) in [7, 11) is 0. The fourth-order valence-corrected chi connectivity index (χ4v) is 3.62. The number of hydrogen-bond donors (Lipinski definition) is 3. The number of benzene rings is 2. The lowest BCUT2D eigenvalue weighted by Gasteiger charge is -2.20. The van der Waals surface area contributed by atoms with Crippen LogP contribution in [0.15, 0.2) is 48.5 Å². The van der Waals surface area contributed by atoms with Crippen molar-refractivity contribution >= 4 is 29.1 Å². The van der Waals surface area contributed by atoms with Crippen molar-refractivity contribution in [2.24, 2.45) is 0 Å². The molecule has 0 aliphatic carbocycles. The first kappa shape index (κ1) is 23.3. The van der Waals surface area contributed by atoms with Gasteiger partial charge in [-0.3, -0.25) is 14.4 Å². The first-order chi connectivity index (χ1) is 15.4. The van der Waals surface area contributed by atoms with E-state index >= 15 is 0 Å². The summed E-state index contributed by atoms with van der Waals surface area (Å²) in [4.78, 5) is 38.8. The molecule has 0 atom stereocenters. The van der Waals surface area contributed by atoms with Crippen molar-refractivity contribution in [1.29, 1.82) is 0 Å². The van der Waals surface area contributed by atoms with Crippen molar-refractivity contribution in [3.05, 3.63) is 59.7 Å². The molecule has 0 spiro atoms. The van der Waals surface area contributed by atoms with Gasteiger partial charge in [-0.1, -0.05) is 12.8 Å². The number of nitrogens with zero attached hydrogens (tertiary/aromatic N) is 1. The Bertz CT molecular complexity index is 915. The Balaban J connectivity index is 1.47. The molecule has 7 nitrogen and oxygen atoms in total. The highest BCUT2D eigenvalue weighted by atomic mass is 16.2. The van der Waals surface area contributed by atoms with Gasteiger partial charge in [0.15, 0.2) is 0 Å². The fraction of sp³-hybridized carbons (Fsp3) is 0.400. The van der Waals surface area contributed by atoms with E-state index in [1.165, 1.54) is 12.8 Å². The zero-order valence-electron chi connectivity index (χ0n) is 18.8. The van der Waals surface area contributed by atoms with Crippen LogP contribution in [0.1, 0.15) is 60.2 Å². The van der Waals surface area contributed by atoms with E-state index in [9.17, 15) is 14.4 Å². The molecule has 1 fully saturated rings. The second-order valence-corrected chi connectivity index (χ2v) is 8.39. The molecule has 1 saturated heterocycles. The van der Waals surface area contributed by atoms with Gasteiger partial charge in [-0.15, -0.1) is 0 Å². The first-order valence-electron chi connectivity index (χ1n) is 11.3.